The second-order valence-corrected chi connectivity index (χ2v) is 5.28. The summed E-state index contributed by atoms with van der Waals surface area (Å²) in [6.45, 7) is 3.02. The Morgan fingerprint density at radius 3 is 2.29 bits per heavy atom. The van der Waals surface area contributed by atoms with Gasteiger partial charge < -0.3 is 4.74 Å². The summed E-state index contributed by atoms with van der Waals surface area (Å²) in [7, 11) is 0. The monoisotopic (exact) mass is 237 g/mol. The number of hydrogen-bond acceptors (Lipinski definition) is 2. The lowest BCUT2D eigenvalue weighted by molar-refractivity contribution is -0.0290. The van der Waals surface area contributed by atoms with E-state index in [1.54, 1.807) is 0 Å². The average Bonchev–Trinajstić information content (AvgIpc) is 2.39. The van der Waals surface area contributed by atoms with Gasteiger partial charge in [-0.05, 0) is 32.1 Å². The van der Waals surface area contributed by atoms with Crippen molar-refractivity contribution in [3.8, 4) is 6.07 Å². The Kier molecular flexibility index (Phi) is 7.28. The van der Waals surface area contributed by atoms with Crippen LogP contribution in [0.2, 0.25) is 0 Å². The minimum absolute atomic E-state index is 0.429. The van der Waals surface area contributed by atoms with E-state index in [1.165, 1.54) is 38.5 Å². The van der Waals surface area contributed by atoms with Crippen LogP contribution in [0, 0.1) is 11.3 Å². The number of ether oxygens (including phenoxy) is 1. The molecule has 1 rings (SSSR count). The van der Waals surface area contributed by atoms with E-state index in [2.05, 4.69) is 13.0 Å². The third-order valence-electron chi connectivity index (χ3n) is 3.74. The first-order valence-corrected chi connectivity index (χ1v) is 7.38. The highest BCUT2D eigenvalue weighted by Gasteiger charge is 2.32. The van der Waals surface area contributed by atoms with Gasteiger partial charge in [-0.1, -0.05) is 45.4 Å². The first-order chi connectivity index (χ1) is 8.33. The zero-order valence-electron chi connectivity index (χ0n) is 11.3. The molecule has 17 heavy (non-hydrogen) atoms. The van der Waals surface area contributed by atoms with Gasteiger partial charge in [0.2, 0.25) is 0 Å². The van der Waals surface area contributed by atoms with Crippen molar-refractivity contribution in [3.63, 3.8) is 0 Å². The summed E-state index contributed by atoms with van der Waals surface area (Å²) in [6.07, 6.45) is 13.2. The summed E-state index contributed by atoms with van der Waals surface area (Å²) >= 11 is 0. The standard InChI is InChI=1S/C15H27NO/c1-2-3-4-5-6-10-13-17-15(14-16)11-8-7-9-12-15/h2-13H2,1H3. The summed E-state index contributed by atoms with van der Waals surface area (Å²) < 4.78 is 5.87. The maximum absolute atomic E-state index is 9.24. The molecule has 0 saturated heterocycles. The highest BCUT2D eigenvalue weighted by Crippen LogP contribution is 2.31. The molecule has 0 N–H and O–H groups in total. The second kappa shape index (κ2) is 8.53. The number of hydrogen-bond donors (Lipinski definition) is 0. The van der Waals surface area contributed by atoms with Crippen molar-refractivity contribution in [1.82, 2.24) is 0 Å². The van der Waals surface area contributed by atoms with Crippen molar-refractivity contribution in [2.75, 3.05) is 6.61 Å². The van der Waals surface area contributed by atoms with Crippen LogP contribution in [0.4, 0.5) is 0 Å². The summed E-state index contributed by atoms with van der Waals surface area (Å²) in [4.78, 5) is 0. The molecule has 0 bridgehead atoms. The van der Waals surface area contributed by atoms with Gasteiger partial charge in [-0.15, -0.1) is 0 Å². The van der Waals surface area contributed by atoms with E-state index in [4.69, 9.17) is 4.74 Å². The van der Waals surface area contributed by atoms with Gasteiger partial charge in [0.05, 0.1) is 6.07 Å². The minimum atomic E-state index is -0.429. The van der Waals surface area contributed by atoms with Gasteiger partial charge in [0.15, 0.2) is 5.60 Å². The van der Waals surface area contributed by atoms with Gasteiger partial charge in [-0.25, -0.2) is 0 Å². The Hall–Kier alpha value is -0.550. The smallest absolute Gasteiger partial charge is 0.154 e. The molecule has 1 fully saturated rings. The van der Waals surface area contributed by atoms with E-state index >= 15 is 0 Å². The average molecular weight is 237 g/mol. The van der Waals surface area contributed by atoms with Crippen LogP contribution in [0.1, 0.15) is 77.6 Å². The molecule has 0 atom stereocenters. The first-order valence-electron chi connectivity index (χ1n) is 7.38. The van der Waals surface area contributed by atoms with Gasteiger partial charge >= 0.3 is 0 Å². The van der Waals surface area contributed by atoms with E-state index in [0.717, 1.165) is 38.7 Å². The summed E-state index contributed by atoms with van der Waals surface area (Å²) in [6, 6.07) is 2.41. The van der Waals surface area contributed by atoms with E-state index < -0.39 is 5.60 Å². The zero-order valence-corrected chi connectivity index (χ0v) is 11.3. The lowest BCUT2D eigenvalue weighted by Gasteiger charge is -2.30. The fourth-order valence-corrected chi connectivity index (χ4v) is 2.56. The number of nitrogens with zero attached hydrogens (tertiary/aromatic N) is 1. The molecule has 1 aliphatic carbocycles. The molecule has 0 spiro atoms. The van der Waals surface area contributed by atoms with Gasteiger partial charge in [-0.3, -0.25) is 0 Å². The van der Waals surface area contributed by atoms with Crippen LogP contribution in [-0.2, 0) is 4.74 Å². The molecule has 0 aromatic carbocycles. The molecule has 0 heterocycles. The van der Waals surface area contributed by atoms with Crippen molar-refractivity contribution in [2.24, 2.45) is 0 Å². The molecular weight excluding hydrogens is 210 g/mol. The highest BCUT2D eigenvalue weighted by atomic mass is 16.5. The normalized spacial score (nSPS) is 18.8. The molecule has 0 aromatic heterocycles. The predicted molar refractivity (Wildman–Crippen MR) is 70.8 cm³/mol. The lowest BCUT2D eigenvalue weighted by Crippen LogP contribution is -2.33. The molecule has 0 unspecified atom stereocenters. The Labute approximate surface area is 106 Å². The van der Waals surface area contributed by atoms with Crippen molar-refractivity contribution < 1.29 is 4.74 Å². The van der Waals surface area contributed by atoms with Crippen molar-refractivity contribution in [2.45, 2.75) is 83.2 Å². The molecule has 2 nitrogen and oxygen atoms in total. The van der Waals surface area contributed by atoms with Gasteiger partial charge in [0, 0.05) is 6.61 Å². The van der Waals surface area contributed by atoms with E-state index in [0.29, 0.717) is 0 Å². The zero-order chi connectivity index (χ0) is 12.4. The summed E-state index contributed by atoms with van der Waals surface area (Å²) in [5.74, 6) is 0. The first kappa shape index (κ1) is 14.5. The Balaban J connectivity index is 2.06. The quantitative estimate of drug-likeness (QED) is 0.578. The predicted octanol–water partition coefficient (Wildman–Crippen LogP) is 4.59. The molecule has 0 amide bonds. The summed E-state index contributed by atoms with van der Waals surface area (Å²) in [5.41, 5.74) is -0.429. The number of unbranched alkanes of at least 4 members (excludes halogenated alkanes) is 5. The molecular formula is C15H27NO. The van der Waals surface area contributed by atoms with Crippen molar-refractivity contribution in [1.29, 1.82) is 5.26 Å². The van der Waals surface area contributed by atoms with Gasteiger partial charge in [0.1, 0.15) is 0 Å². The molecule has 0 aliphatic heterocycles. The van der Waals surface area contributed by atoms with Crippen LogP contribution in [0.15, 0.2) is 0 Å². The third kappa shape index (κ3) is 5.55. The Morgan fingerprint density at radius 2 is 1.65 bits per heavy atom. The van der Waals surface area contributed by atoms with Gasteiger partial charge in [0.25, 0.3) is 0 Å². The number of nitriles is 1. The second-order valence-electron chi connectivity index (χ2n) is 5.28. The topological polar surface area (TPSA) is 33.0 Å². The van der Waals surface area contributed by atoms with Crippen LogP contribution in [-0.4, -0.2) is 12.2 Å². The molecule has 1 aliphatic rings. The van der Waals surface area contributed by atoms with Crippen LogP contribution < -0.4 is 0 Å². The van der Waals surface area contributed by atoms with Crippen LogP contribution in [0.5, 0.6) is 0 Å². The van der Waals surface area contributed by atoms with Crippen molar-refractivity contribution in [3.05, 3.63) is 0 Å². The molecule has 0 radical (unpaired) electrons. The lowest BCUT2D eigenvalue weighted by atomic mass is 9.86. The van der Waals surface area contributed by atoms with E-state index in [1.807, 2.05) is 0 Å². The Morgan fingerprint density at radius 1 is 1.00 bits per heavy atom. The Bertz CT molecular complexity index is 226. The fourth-order valence-electron chi connectivity index (χ4n) is 2.56. The summed E-state index contributed by atoms with van der Waals surface area (Å²) in [5, 5.41) is 9.24. The molecule has 0 aromatic rings. The molecule has 98 valence electrons. The largest absolute Gasteiger partial charge is 0.360 e. The van der Waals surface area contributed by atoms with E-state index in [-0.39, 0.29) is 0 Å². The van der Waals surface area contributed by atoms with Gasteiger partial charge in [-0.2, -0.15) is 5.26 Å². The SMILES string of the molecule is CCCCCCCCOC1(C#N)CCCCC1. The molecule has 2 heteroatoms. The molecule has 1 saturated carbocycles. The van der Waals surface area contributed by atoms with Crippen molar-refractivity contribution >= 4 is 0 Å². The fraction of sp³-hybridized carbons (Fsp3) is 0.933. The van der Waals surface area contributed by atoms with Crippen LogP contribution in [0.3, 0.4) is 0 Å². The van der Waals surface area contributed by atoms with Crippen LogP contribution in [0.25, 0.3) is 0 Å². The maximum Gasteiger partial charge on any atom is 0.154 e. The highest BCUT2D eigenvalue weighted by molar-refractivity contribution is 5.03. The van der Waals surface area contributed by atoms with E-state index in [9.17, 15) is 5.26 Å². The third-order valence-corrected chi connectivity index (χ3v) is 3.74. The maximum atomic E-state index is 9.24. The number of rotatable bonds is 8. The minimum Gasteiger partial charge on any atom is -0.360 e. The van der Waals surface area contributed by atoms with Crippen LogP contribution >= 0.6 is 0 Å².